The highest BCUT2D eigenvalue weighted by Gasteiger charge is 2.48. The lowest BCUT2D eigenvalue weighted by molar-refractivity contribution is -0.946. The number of nitrogens with zero attached hydrogens (tertiary/aromatic N) is 1. The lowest BCUT2D eigenvalue weighted by Crippen LogP contribution is -3.00. The van der Waals surface area contributed by atoms with Crippen molar-refractivity contribution in [2.45, 2.75) is 31.3 Å². The zero-order valence-corrected chi connectivity index (χ0v) is 20.8. The molecule has 1 unspecified atom stereocenters. The highest BCUT2D eigenvalue weighted by atomic mass is 79.9. The number of halogens is 1. The molecule has 0 aliphatic carbocycles. The second kappa shape index (κ2) is 9.55. The van der Waals surface area contributed by atoms with Gasteiger partial charge in [-0.1, -0.05) is 66.7 Å². The summed E-state index contributed by atoms with van der Waals surface area (Å²) in [5.74, 6) is 1.41. The average Bonchev–Trinajstić information content (AvgIpc) is 2.87. The number of hydrogen-bond acceptors (Lipinski definition) is 3. The fourth-order valence-electron chi connectivity index (χ4n) is 6.06. The summed E-state index contributed by atoms with van der Waals surface area (Å²) in [5, 5.41) is 0. The number of rotatable bonds is 5. The van der Waals surface area contributed by atoms with E-state index in [1.807, 2.05) is 48.5 Å². The number of benzene rings is 3. The molecular weight excluding hydrogens is 490 g/mol. The molecule has 0 aromatic heterocycles. The minimum atomic E-state index is -0.431. The first kappa shape index (κ1) is 23.1. The predicted octanol–water partition coefficient (Wildman–Crippen LogP) is 2.32. The number of carbonyl (C=O) groups is 1. The van der Waals surface area contributed by atoms with E-state index in [1.165, 1.54) is 18.7 Å². The quantitative estimate of drug-likeness (QED) is 0.383. The predicted molar refractivity (Wildman–Crippen MR) is 127 cm³/mol. The van der Waals surface area contributed by atoms with Gasteiger partial charge in [0.1, 0.15) is 24.0 Å². The molecule has 3 fully saturated rings. The number of para-hydroxylation sites is 2. The Morgan fingerprint density at radius 1 is 0.853 bits per heavy atom. The summed E-state index contributed by atoms with van der Waals surface area (Å²) in [6.45, 7) is 4.46. The summed E-state index contributed by atoms with van der Waals surface area (Å²) in [5.41, 5.74) is 3.19. The van der Waals surface area contributed by atoms with Crippen LogP contribution in [0.3, 0.4) is 0 Å². The summed E-state index contributed by atoms with van der Waals surface area (Å²) < 4.78 is 13.5. The van der Waals surface area contributed by atoms with Crippen molar-refractivity contribution in [3.8, 4) is 11.5 Å². The molecule has 34 heavy (non-hydrogen) atoms. The number of ether oxygens (including phenoxy) is 2. The topological polar surface area (TPSA) is 35.5 Å². The molecular formula is C29H30BrNO3. The lowest BCUT2D eigenvalue weighted by atomic mass is 9.82. The van der Waals surface area contributed by atoms with Gasteiger partial charge in [0.25, 0.3) is 0 Å². The lowest BCUT2D eigenvalue weighted by Gasteiger charge is -2.52. The molecule has 4 aliphatic rings. The Kier molecular flexibility index (Phi) is 6.50. The Hall–Kier alpha value is -2.63. The van der Waals surface area contributed by atoms with E-state index in [0.717, 1.165) is 59.5 Å². The van der Waals surface area contributed by atoms with Gasteiger partial charge >= 0.3 is 5.97 Å². The summed E-state index contributed by atoms with van der Waals surface area (Å²) >= 11 is 0. The van der Waals surface area contributed by atoms with E-state index in [-0.39, 0.29) is 29.1 Å². The number of hydrogen-bond donors (Lipinski definition) is 0. The number of esters is 1. The van der Waals surface area contributed by atoms with Crippen LogP contribution in [-0.4, -0.2) is 42.7 Å². The monoisotopic (exact) mass is 519 g/mol. The molecule has 3 aromatic carbocycles. The summed E-state index contributed by atoms with van der Waals surface area (Å²) in [4.78, 5) is 13.7. The molecule has 7 rings (SSSR count). The Bertz CT molecular complexity index is 1110. The first-order valence-corrected chi connectivity index (χ1v) is 12.2. The van der Waals surface area contributed by atoms with Gasteiger partial charge in [-0.05, 0) is 17.7 Å². The Balaban J connectivity index is 0.00000241. The van der Waals surface area contributed by atoms with E-state index in [0.29, 0.717) is 5.92 Å². The van der Waals surface area contributed by atoms with Crippen molar-refractivity contribution >= 4 is 5.97 Å². The largest absolute Gasteiger partial charge is 1.00 e. The highest BCUT2D eigenvalue weighted by molar-refractivity contribution is 5.85. The summed E-state index contributed by atoms with van der Waals surface area (Å²) in [7, 11) is 0. The first-order chi connectivity index (χ1) is 16.2. The maximum atomic E-state index is 13.7. The second-order valence-electron chi connectivity index (χ2n) is 9.85. The molecule has 4 nitrogen and oxygen atoms in total. The fraction of sp³-hybridized carbons (Fsp3) is 0.345. The van der Waals surface area contributed by atoms with Gasteiger partial charge in [-0.25, -0.2) is 0 Å². The third-order valence-electron chi connectivity index (χ3n) is 7.94. The van der Waals surface area contributed by atoms with Crippen LogP contribution < -0.4 is 21.7 Å². The Morgan fingerprint density at radius 3 is 2.09 bits per heavy atom. The zero-order valence-electron chi connectivity index (χ0n) is 19.2. The summed E-state index contributed by atoms with van der Waals surface area (Å²) in [6.07, 6.45) is 3.37. The zero-order chi connectivity index (χ0) is 22.3. The highest BCUT2D eigenvalue weighted by Crippen LogP contribution is 2.45. The van der Waals surface area contributed by atoms with E-state index >= 15 is 0 Å². The van der Waals surface area contributed by atoms with Gasteiger partial charge < -0.3 is 30.9 Å². The maximum Gasteiger partial charge on any atom is 0.318 e. The minimum Gasteiger partial charge on any atom is -1.00 e. The van der Waals surface area contributed by atoms with Gasteiger partial charge in [-0.15, -0.1) is 0 Å². The van der Waals surface area contributed by atoms with Crippen LogP contribution in [0.15, 0.2) is 78.9 Å². The van der Waals surface area contributed by atoms with Crippen molar-refractivity contribution < 1.29 is 35.7 Å². The molecule has 4 aliphatic heterocycles. The molecule has 0 spiro atoms. The SMILES string of the molecule is O=C(OC1C[N+]2(CCc3ccccc3)CCC1CC2)C1c2ccccc2Oc2ccccc21.[Br-]. The van der Waals surface area contributed by atoms with Crippen molar-refractivity contribution in [3.05, 3.63) is 95.6 Å². The molecule has 2 bridgehead atoms. The number of fused-ring (bicyclic) bond motifs is 5. The summed E-state index contributed by atoms with van der Waals surface area (Å²) in [6, 6.07) is 26.4. The molecule has 0 N–H and O–H groups in total. The number of quaternary nitrogens is 1. The van der Waals surface area contributed by atoms with Gasteiger partial charge in [-0.2, -0.15) is 0 Å². The van der Waals surface area contributed by atoms with Crippen LogP contribution in [0.25, 0.3) is 0 Å². The van der Waals surface area contributed by atoms with Crippen LogP contribution in [0.4, 0.5) is 0 Å². The van der Waals surface area contributed by atoms with E-state index in [4.69, 9.17) is 9.47 Å². The van der Waals surface area contributed by atoms with Crippen molar-refractivity contribution in [3.63, 3.8) is 0 Å². The molecule has 1 atom stereocenters. The van der Waals surface area contributed by atoms with Crippen molar-refractivity contribution in [2.75, 3.05) is 26.2 Å². The molecule has 0 amide bonds. The third kappa shape index (κ3) is 4.27. The number of carbonyl (C=O) groups excluding carboxylic acids is 1. The Morgan fingerprint density at radius 2 is 1.44 bits per heavy atom. The van der Waals surface area contributed by atoms with Crippen LogP contribution >= 0.6 is 0 Å². The minimum absolute atomic E-state index is 0. The van der Waals surface area contributed by atoms with Crippen LogP contribution in [0, 0.1) is 5.92 Å². The maximum absolute atomic E-state index is 13.7. The number of piperidine rings is 3. The molecule has 0 radical (unpaired) electrons. The second-order valence-corrected chi connectivity index (χ2v) is 9.85. The van der Waals surface area contributed by atoms with Gasteiger partial charge in [0, 0.05) is 36.3 Å². The van der Waals surface area contributed by atoms with Crippen LogP contribution in [0.2, 0.25) is 0 Å². The molecule has 0 saturated carbocycles. The van der Waals surface area contributed by atoms with E-state index < -0.39 is 5.92 Å². The van der Waals surface area contributed by atoms with E-state index in [9.17, 15) is 4.79 Å². The molecule has 4 heterocycles. The van der Waals surface area contributed by atoms with Crippen molar-refractivity contribution in [1.29, 1.82) is 0 Å². The van der Waals surface area contributed by atoms with Gasteiger partial charge in [0.2, 0.25) is 0 Å². The normalized spacial score (nSPS) is 24.8. The van der Waals surface area contributed by atoms with Crippen LogP contribution in [0.1, 0.15) is 35.4 Å². The smallest absolute Gasteiger partial charge is 0.318 e. The molecule has 176 valence electrons. The first-order valence-electron chi connectivity index (χ1n) is 12.2. The Labute approximate surface area is 211 Å². The average molecular weight is 520 g/mol. The van der Waals surface area contributed by atoms with E-state index in [2.05, 4.69) is 30.3 Å². The van der Waals surface area contributed by atoms with Gasteiger partial charge in [0.15, 0.2) is 6.10 Å². The standard InChI is InChI=1S/C29H30NO3.BrH/c31-29(28-23-10-4-6-12-25(23)32-26-13-7-5-11-24(26)28)33-27-20-30(18-15-22(27)16-19-30)17-14-21-8-2-1-3-9-21;/h1-13,22,27-28H,14-20H2;1H/q+1;/p-1. The van der Waals surface area contributed by atoms with Gasteiger partial charge in [0.05, 0.1) is 19.6 Å². The van der Waals surface area contributed by atoms with Crippen LogP contribution in [0.5, 0.6) is 11.5 Å². The van der Waals surface area contributed by atoms with Crippen molar-refractivity contribution in [1.82, 2.24) is 0 Å². The van der Waals surface area contributed by atoms with Gasteiger partial charge in [-0.3, -0.25) is 4.79 Å². The molecule has 3 aromatic rings. The van der Waals surface area contributed by atoms with Crippen LogP contribution in [-0.2, 0) is 16.0 Å². The van der Waals surface area contributed by atoms with E-state index in [1.54, 1.807) is 0 Å². The molecule has 5 heteroatoms. The molecule has 3 saturated heterocycles. The fourth-order valence-corrected chi connectivity index (χ4v) is 6.06. The van der Waals surface area contributed by atoms with Crippen molar-refractivity contribution in [2.24, 2.45) is 5.92 Å². The third-order valence-corrected chi connectivity index (χ3v) is 7.94.